The van der Waals surface area contributed by atoms with Crippen LogP contribution in [0.15, 0.2) is 42.5 Å². The number of nitrogens with one attached hydrogen (secondary N) is 2. The van der Waals surface area contributed by atoms with Gasteiger partial charge >= 0.3 is 0 Å². The van der Waals surface area contributed by atoms with Crippen LogP contribution in [0.1, 0.15) is 29.2 Å². The molecular formula is C18H20N2OS. The highest BCUT2D eigenvalue weighted by Crippen LogP contribution is 2.31. The van der Waals surface area contributed by atoms with Crippen molar-refractivity contribution in [1.29, 1.82) is 0 Å². The van der Waals surface area contributed by atoms with Gasteiger partial charge < -0.3 is 15.4 Å². The van der Waals surface area contributed by atoms with E-state index < -0.39 is 0 Å². The fraction of sp³-hybridized carbons (Fsp3) is 0.278. The Bertz CT molecular complexity index is 699. The summed E-state index contributed by atoms with van der Waals surface area (Å²) in [6, 6.07) is 14.8. The van der Waals surface area contributed by atoms with E-state index in [0.29, 0.717) is 5.11 Å². The zero-order chi connectivity index (χ0) is 15.5. The molecule has 3 rings (SSSR count). The van der Waals surface area contributed by atoms with E-state index in [4.69, 9.17) is 17.0 Å². The highest BCUT2D eigenvalue weighted by Gasteiger charge is 2.22. The molecule has 0 aromatic heterocycles. The molecule has 0 spiro atoms. The maximum atomic E-state index is 5.47. The Kier molecular flexibility index (Phi) is 4.29. The van der Waals surface area contributed by atoms with Crippen molar-refractivity contribution < 1.29 is 4.74 Å². The Balaban J connectivity index is 1.70. The Morgan fingerprint density at radius 1 is 1.23 bits per heavy atom. The quantitative estimate of drug-likeness (QED) is 0.840. The predicted octanol–water partition coefficient (Wildman–Crippen LogP) is 3.98. The van der Waals surface area contributed by atoms with Crippen molar-refractivity contribution in [1.82, 2.24) is 5.32 Å². The molecule has 0 saturated carbocycles. The number of methoxy groups -OCH3 is 1. The molecule has 1 atom stereocenters. The summed E-state index contributed by atoms with van der Waals surface area (Å²) in [6.45, 7) is 2.05. The molecule has 0 fully saturated rings. The van der Waals surface area contributed by atoms with Crippen molar-refractivity contribution in [2.45, 2.75) is 25.8 Å². The minimum atomic E-state index is 0.284. The van der Waals surface area contributed by atoms with Crippen LogP contribution in [0.4, 0.5) is 5.69 Å². The van der Waals surface area contributed by atoms with Gasteiger partial charge in [0.1, 0.15) is 5.75 Å². The van der Waals surface area contributed by atoms with Gasteiger partial charge in [-0.15, -0.1) is 0 Å². The van der Waals surface area contributed by atoms with Crippen LogP contribution in [0.3, 0.4) is 0 Å². The average molecular weight is 312 g/mol. The first-order valence-corrected chi connectivity index (χ1v) is 7.88. The molecule has 0 heterocycles. The standard InChI is InChI=1S/C18H20N2OS/c1-12-7-10-17(21-2)16(11-12)20-18(22)19-15-9-8-13-5-3-4-6-14(13)15/h3-7,10-11,15H,8-9H2,1-2H3,(H2,19,20,22). The Hall–Kier alpha value is -2.07. The van der Waals surface area contributed by atoms with Crippen LogP contribution >= 0.6 is 12.2 Å². The zero-order valence-electron chi connectivity index (χ0n) is 12.8. The van der Waals surface area contributed by atoms with Gasteiger partial charge in [-0.3, -0.25) is 0 Å². The molecule has 4 heteroatoms. The van der Waals surface area contributed by atoms with Gasteiger partial charge in [-0.2, -0.15) is 0 Å². The van der Waals surface area contributed by atoms with E-state index in [1.165, 1.54) is 11.1 Å². The molecule has 1 aliphatic rings. The van der Waals surface area contributed by atoms with E-state index >= 15 is 0 Å². The van der Waals surface area contributed by atoms with Crippen LogP contribution in [-0.2, 0) is 6.42 Å². The van der Waals surface area contributed by atoms with Crippen molar-refractivity contribution in [2.24, 2.45) is 0 Å². The minimum absolute atomic E-state index is 0.284. The summed E-state index contributed by atoms with van der Waals surface area (Å²) in [7, 11) is 1.67. The number of hydrogen-bond acceptors (Lipinski definition) is 2. The molecule has 1 unspecified atom stereocenters. The number of hydrogen-bond donors (Lipinski definition) is 2. The van der Waals surface area contributed by atoms with Gasteiger partial charge in [0.05, 0.1) is 18.8 Å². The summed E-state index contributed by atoms with van der Waals surface area (Å²) >= 11 is 5.47. The van der Waals surface area contributed by atoms with Crippen LogP contribution in [-0.4, -0.2) is 12.2 Å². The molecule has 3 nitrogen and oxygen atoms in total. The lowest BCUT2D eigenvalue weighted by molar-refractivity contribution is 0.417. The topological polar surface area (TPSA) is 33.3 Å². The zero-order valence-corrected chi connectivity index (χ0v) is 13.7. The lowest BCUT2D eigenvalue weighted by Crippen LogP contribution is -2.31. The summed E-state index contributed by atoms with van der Waals surface area (Å²) < 4.78 is 5.38. The summed E-state index contributed by atoms with van der Waals surface area (Å²) in [5.74, 6) is 0.793. The van der Waals surface area contributed by atoms with Crippen LogP contribution in [0.5, 0.6) is 5.75 Å². The number of rotatable bonds is 3. The molecular weight excluding hydrogens is 292 g/mol. The lowest BCUT2D eigenvalue weighted by atomic mass is 10.1. The number of aryl methyl sites for hydroxylation is 2. The van der Waals surface area contributed by atoms with Gasteiger partial charge in [0, 0.05) is 0 Å². The number of ether oxygens (including phenoxy) is 1. The summed E-state index contributed by atoms with van der Waals surface area (Å²) in [6.07, 6.45) is 2.18. The second kappa shape index (κ2) is 6.36. The van der Waals surface area contributed by atoms with Gasteiger partial charge in [-0.25, -0.2) is 0 Å². The summed E-state index contributed by atoms with van der Waals surface area (Å²) in [4.78, 5) is 0. The van der Waals surface area contributed by atoms with Gasteiger partial charge in [-0.1, -0.05) is 30.3 Å². The van der Waals surface area contributed by atoms with Crippen LogP contribution < -0.4 is 15.4 Å². The smallest absolute Gasteiger partial charge is 0.171 e. The molecule has 0 saturated heterocycles. The number of fused-ring (bicyclic) bond motifs is 1. The molecule has 114 valence electrons. The molecule has 0 radical (unpaired) electrons. The van der Waals surface area contributed by atoms with Gasteiger partial charge in [0.15, 0.2) is 5.11 Å². The number of anilines is 1. The van der Waals surface area contributed by atoms with E-state index in [1.807, 2.05) is 25.1 Å². The second-order valence-electron chi connectivity index (χ2n) is 5.59. The molecule has 2 aromatic carbocycles. The van der Waals surface area contributed by atoms with Crippen LogP contribution in [0.2, 0.25) is 0 Å². The molecule has 0 aliphatic heterocycles. The first kappa shape index (κ1) is 14.9. The molecule has 2 N–H and O–H groups in total. The van der Waals surface area contributed by atoms with Gasteiger partial charge in [0.2, 0.25) is 0 Å². The van der Waals surface area contributed by atoms with Crippen molar-refractivity contribution in [3.63, 3.8) is 0 Å². The summed E-state index contributed by atoms with van der Waals surface area (Å²) in [5, 5.41) is 7.30. The fourth-order valence-corrected chi connectivity index (χ4v) is 3.20. The van der Waals surface area contributed by atoms with Crippen LogP contribution in [0.25, 0.3) is 0 Å². The van der Waals surface area contributed by atoms with Gasteiger partial charge in [0.25, 0.3) is 0 Å². The SMILES string of the molecule is COc1ccc(C)cc1NC(=S)NC1CCc2ccccc21. The van der Waals surface area contributed by atoms with Crippen LogP contribution in [0, 0.1) is 6.92 Å². The van der Waals surface area contributed by atoms with E-state index in [9.17, 15) is 0 Å². The monoisotopic (exact) mass is 312 g/mol. The van der Waals surface area contributed by atoms with E-state index in [-0.39, 0.29) is 6.04 Å². The van der Waals surface area contributed by atoms with Crippen molar-refractivity contribution in [3.8, 4) is 5.75 Å². The highest BCUT2D eigenvalue weighted by molar-refractivity contribution is 7.80. The first-order valence-electron chi connectivity index (χ1n) is 7.47. The largest absolute Gasteiger partial charge is 0.495 e. The van der Waals surface area contributed by atoms with E-state index in [1.54, 1.807) is 7.11 Å². The van der Waals surface area contributed by atoms with Gasteiger partial charge in [-0.05, 0) is 60.8 Å². The summed E-state index contributed by atoms with van der Waals surface area (Å²) in [5.41, 5.74) is 4.82. The molecule has 0 bridgehead atoms. The fourth-order valence-electron chi connectivity index (χ4n) is 2.94. The molecule has 22 heavy (non-hydrogen) atoms. The highest BCUT2D eigenvalue weighted by atomic mass is 32.1. The Morgan fingerprint density at radius 3 is 2.86 bits per heavy atom. The third-order valence-electron chi connectivity index (χ3n) is 4.04. The molecule has 2 aromatic rings. The van der Waals surface area contributed by atoms with E-state index in [2.05, 4.69) is 34.9 Å². The number of benzene rings is 2. The van der Waals surface area contributed by atoms with Crippen molar-refractivity contribution in [3.05, 3.63) is 59.2 Å². The molecule has 1 aliphatic carbocycles. The van der Waals surface area contributed by atoms with Crippen molar-refractivity contribution in [2.75, 3.05) is 12.4 Å². The normalized spacial score (nSPS) is 16.0. The predicted molar refractivity (Wildman–Crippen MR) is 94.6 cm³/mol. The number of thiocarbonyl (C=S) groups is 1. The second-order valence-corrected chi connectivity index (χ2v) is 6.00. The lowest BCUT2D eigenvalue weighted by Gasteiger charge is -2.18. The molecule has 0 amide bonds. The van der Waals surface area contributed by atoms with E-state index in [0.717, 1.165) is 29.8 Å². The average Bonchev–Trinajstić information content (AvgIpc) is 2.91. The first-order chi connectivity index (χ1) is 10.7. The maximum absolute atomic E-state index is 5.47. The Morgan fingerprint density at radius 2 is 2.05 bits per heavy atom. The Labute approximate surface area is 136 Å². The van der Waals surface area contributed by atoms with Crippen molar-refractivity contribution >= 4 is 23.0 Å². The third-order valence-corrected chi connectivity index (χ3v) is 4.26. The minimum Gasteiger partial charge on any atom is -0.495 e. The third kappa shape index (κ3) is 3.07. The maximum Gasteiger partial charge on any atom is 0.171 e.